The smallest absolute Gasteiger partial charge is 0.410 e. The van der Waals surface area contributed by atoms with Crippen LogP contribution < -0.4 is 5.32 Å². The van der Waals surface area contributed by atoms with E-state index in [1.54, 1.807) is 29.4 Å². The number of likely N-dealkylation sites (tertiary alicyclic amines) is 1. The monoisotopic (exact) mass is 400 g/mol. The van der Waals surface area contributed by atoms with Crippen molar-refractivity contribution >= 4 is 11.9 Å². The summed E-state index contributed by atoms with van der Waals surface area (Å²) in [6.07, 6.45) is 5.23. The van der Waals surface area contributed by atoms with Crippen molar-refractivity contribution in [1.82, 2.24) is 14.9 Å². The molecule has 29 heavy (non-hydrogen) atoms. The van der Waals surface area contributed by atoms with Crippen molar-refractivity contribution in [2.45, 2.75) is 64.6 Å². The molecular weight excluding hydrogens is 371 g/mol. The van der Waals surface area contributed by atoms with Crippen molar-refractivity contribution in [3.05, 3.63) is 53.7 Å². The number of piperidine rings is 1. The van der Waals surface area contributed by atoms with Gasteiger partial charge in [0.2, 0.25) is 0 Å². The second-order valence-electron chi connectivity index (χ2n) is 8.54. The normalized spacial score (nSPS) is 19.7. The van der Waals surface area contributed by atoms with E-state index < -0.39 is 5.60 Å². The number of ether oxygens (including phenoxy) is 1. The van der Waals surface area contributed by atoms with Gasteiger partial charge in [-0.25, -0.2) is 14.2 Å². The molecule has 1 aromatic heterocycles. The Kier molecular flexibility index (Phi) is 6.35. The number of aromatic nitrogens is 2. The number of amides is 1. The van der Waals surface area contributed by atoms with Crippen molar-refractivity contribution in [3.63, 3.8) is 0 Å². The number of halogens is 1. The molecule has 1 aromatic carbocycles. The first-order chi connectivity index (χ1) is 13.7. The topological polar surface area (TPSA) is 67.4 Å². The van der Waals surface area contributed by atoms with E-state index in [-0.39, 0.29) is 24.0 Å². The van der Waals surface area contributed by atoms with Crippen LogP contribution in [0.4, 0.5) is 15.0 Å². The van der Waals surface area contributed by atoms with Crippen LogP contribution in [0.3, 0.4) is 0 Å². The van der Waals surface area contributed by atoms with E-state index >= 15 is 0 Å². The number of hydrogen-bond acceptors (Lipinski definition) is 5. The summed E-state index contributed by atoms with van der Waals surface area (Å²) < 4.78 is 18.7. The first kappa shape index (κ1) is 21.0. The van der Waals surface area contributed by atoms with Gasteiger partial charge in [-0.3, -0.25) is 4.98 Å². The summed E-state index contributed by atoms with van der Waals surface area (Å²) in [6.45, 7) is 8.29. The predicted molar refractivity (Wildman–Crippen MR) is 110 cm³/mol. The summed E-state index contributed by atoms with van der Waals surface area (Å²) in [5.41, 5.74) is 1.30. The highest BCUT2D eigenvalue weighted by Gasteiger charge is 2.32. The van der Waals surface area contributed by atoms with E-state index in [1.165, 1.54) is 12.1 Å². The third kappa shape index (κ3) is 5.89. The van der Waals surface area contributed by atoms with E-state index in [1.807, 2.05) is 27.7 Å². The molecule has 1 fully saturated rings. The van der Waals surface area contributed by atoms with Gasteiger partial charge in [0.1, 0.15) is 17.2 Å². The number of nitrogens with one attached hydrogen (secondary N) is 1. The van der Waals surface area contributed by atoms with Crippen LogP contribution in [-0.2, 0) is 11.2 Å². The standard InChI is InChI=1S/C22H29FN4O2/c1-15-13-18(9-12-27(15)21(28)29-22(2,3)4)26-20-19(24-10-11-25-20)14-16-5-7-17(23)8-6-16/h5-8,10-11,15,18H,9,12-14H2,1-4H3,(H,25,26). The molecule has 0 aliphatic carbocycles. The highest BCUT2D eigenvalue weighted by molar-refractivity contribution is 5.68. The van der Waals surface area contributed by atoms with Gasteiger partial charge in [-0.15, -0.1) is 0 Å². The maximum absolute atomic E-state index is 13.2. The number of hydrogen-bond donors (Lipinski definition) is 1. The third-order valence-corrected chi connectivity index (χ3v) is 4.90. The third-order valence-electron chi connectivity index (χ3n) is 4.90. The van der Waals surface area contributed by atoms with Crippen molar-refractivity contribution in [1.29, 1.82) is 0 Å². The predicted octanol–water partition coefficient (Wildman–Crippen LogP) is 4.41. The molecule has 2 heterocycles. The minimum atomic E-state index is -0.499. The van der Waals surface area contributed by atoms with Crippen LogP contribution >= 0.6 is 0 Å². The SMILES string of the molecule is CC1CC(Nc2nccnc2Cc2ccc(F)cc2)CCN1C(=O)OC(C)(C)C. The first-order valence-electron chi connectivity index (χ1n) is 10.0. The molecule has 2 aromatic rings. The van der Waals surface area contributed by atoms with Crippen LogP contribution in [0.1, 0.15) is 51.8 Å². The fraction of sp³-hybridized carbons (Fsp3) is 0.500. The van der Waals surface area contributed by atoms with Gasteiger partial charge in [-0.2, -0.15) is 0 Å². The molecule has 2 unspecified atom stereocenters. The van der Waals surface area contributed by atoms with Crippen LogP contribution in [0.2, 0.25) is 0 Å². The summed E-state index contributed by atoms with van der Waals surface area (Å²) in [4.78, 5) is 23.1. The largest absolute Gasteiger partial charge is 0.444 e. The number of carbonyl (C=O) groups is 1. The molecular formula is C22H29FN4O2. The summed E-state index contributed by atoms with van der Waals surface area (Å²) in [5.74, 6) is 0.483. The highest BCUT2D eigenvalue weighted by atomic mass is 19.1. The van der Waals surface area contributed by atoms with Gasteiger partial charge < -0.3 is 15.0 Å². The molecule has 1 amide bonds. The molecule has 1 aliphatic heterocycles. The highest BCUT2D eigenvalue weighted by Crippen LogP contribution is 2.24. The zero-order valence-electron chi connectivity index (χ0n) is 17.5. The van der Waals surface area contributed by atoms with Gasteiger partial charge >= 0.3 is 6.09 Å². The Bertz CT molecular complexity index is 835. The molecule has 0 radical (unpaired) electrons. The lowest BCUT2D eigenvalue weighted by atomic mass is 9.98. The molecule has 1 saturated heterocycles. The Morgan fingerprint density at radius 1 is 1.24 bits per heavy atom. The van der Waals surface area contributed by atoms with Crippen LogP contribution in [-0.4, -0.2) is 45.2 Å². The lowest BCUT2D eigenvalue weighted by Crippen LogP contribution is -2.49. The van der Waals surface area contributed by atoms with Gasteiger partial charge in [0, 0.05) is 37.4 Å². The summed E-state index contributed by atoms with van der Waals surface area (Å²) in [6, 6.07) is 6.67. The maximum Gasteiger partial charge on any atom is 0.410 e. The van der Waals surface area contributed by atoms with Crippen LogP contribution in [0.25, 0.3) is 0 Å². The zero-order chi connectivity index (χ0) is 21.0. The Morgan fingerprint density at radius 2 is 1.93 bits per heavy atom. The summed E-state index contributed by atoms with van der Waals surface area (Å²) in [5, 5.41) is 3.49. The van der Waals surface area contributed by atoms with Crippen molar-refractivity contribution < 1.29 is 13.9 Å². The fourth-order valence-electron chi connectivity index (χ4n) is 3.50. The van der Waals surface area contributed by atoms with E-state index in [0.717, 1.165) is 29.9 Å². The maximum atomic E-state index is 13.2. The Labute approximate surface area is 171 Å². The summed E-state index contributed by atoms with van der Waals surface area (Å²) >= 11 is 0. The van der Waals surface area contributed by atoms with E-state index in [4.69, 9.17) is 4.74 Å². The van der Waals surface area contributed by atoms with Gasteiger partial charge in [-0.1, -0.05) is 12.1 Å². The Balaban J connectivity index is 1.63. The van der Waals surface area contributed by atoms with Crippen LogP contribution in [0.5, 0.6) is 0 Å². The van der Waals surface area contributed by atoms with Crippen LogP contribution in [0, 0.1) is 5.82 Å². The van der Waals surface area contributed by atoms with Gasteiger partial charge in [0.15, 0.2) is 0 Å². The molecule has 1 N–H and O–H groups in total. The van der Waals surface area contributed by atoms with E-state index in [9.17, 15) is 9.18 Å². The quantitative estimate of drug-likeness (QED) is 0.824. The minimum absolute atomic E-state index is 0.0633. The average molecular weight is 400 g/mol. The molecule has 6 nitrogen and oxygen atoms in total. The van der Waals surface area contributed by atoms with Gasteiger partial charge in [0.05, 0.1) is 5.69 Å². The molecule has 156 valence electrons. The fourth-order valence-corrected chi connectivity index (χ4v) is 3.50. The average Bonchev–Trinajstić information content (AvgIpc) is 2.64. The molecule has 7 heteroatoms. The van der Waals surface area contributed by atoms with Gasteiger partial charge in [-0.05, 0) is 58.2 Å². The number of carbonyl (C=O) groups excluding carboxylic acids is 1. The Hall–Kier alpha value is -2.70. The first-order valence-corrected chi connectivity index (χ1v) is 10.0. The van der Waals surface area contributed by atoms with Gasteiger partial charge in [0.25, 0.3) is 0 Å². The molecule has 2 atom stereocenters. The van der Waals surface area contributed by atoms with Crippen LogP contribution in [0.15, 0.2) is 36.7 Å². The van der Waals surface area contributed by atoms with Crippen molar-refractivity contribution in [2.75, 3.05) is 11.9 Å². The Morgan fingerprint density at radius 3 is 2.59 bits per heavy atom. The molecule has 0 spiro atoms. The second kappa shape index (κ2) is 8.76. The lowest BCUT2D eigenvalue weighted by molar-refractivity contribution is 0.0112. The van der Waals surface area contributed by atoms with E-state index in [2.05, 4.69) is 15.3 Å². The lowest BCUT2D eigenvalue weighted by Gasteiger charge is -2.38. The second-order valence-corrected chi connectivity index (χ2v) is 8.54. The summed E-state index contributed by atoms with van der Waals surface area (Å²) in [7, 11) is 0. The van der Waals surface area contributed by atoms with Crippen molar-refractivity contribution in [3.8, 4) is 0 Å². The van der Waals surface area contributed by atoms with Crippen molar-refractivity contribution in [2.24, 2.45) is 0 Å². The molecule has 3 rings (SSSR count). The number of anilines is 1. The number of benzene rings is 1. The number of nitrogens with zero attached hydrogens (tertiary/aromatic N) is 3. The molecule has 0 saturated carbocycles. The van der Waals surface area contributed by atoms with E-state index in [0.29, 0.717) is 13.0 Å². The number of rotatable bonds is 4. The minimum Gasteiger partial charge on any atom is -0.444 e. The molecule has 1 aliphatic rings. The zero-order valence-corrected chi connectivity index (χ0v) is 17.5. The molecule has 0 bridgehead atoms.